The average Bonchev–Trinajstić information content (AvgIpc) is 1.77. The van der Waals surface area contributed by atoms with E-state index in [1.54, 1.807) is 6.92 Å². The fourth-order valence-corrected chi connectivity index (χ4v) is 10.8. The number of unbranched alkanes of at least 4 members (excludes halogenated alkanes) is 7. The molecule has 3 aliphatic heterocycles. The molecule has 3 rings (SSSR count). The van der Waals surface area contributed by atoms with E-state index in [4.69, 9.17) is 0 Å². The van der Waals surface area contributed by atoms with Crippen molar-refractivity contribution >= 4 is 80.8 Å². The van der Waals surface area contributed by atoms with Crippen LogP contribution in [0.3, 0.4) is 0 Å². The Morgan fingerprint density at radius 1 is 0.346 bits per heavy atom. The summed E-state index contributed by atoms with van der Waals surface area (Å²) in [5, 5.41) is 5.80. The van der Waals surface area contributed by atoms with Gasteiger partial charge in [0.05, 0.1) is 15.9 Å². The van der Waals surface area contributed by atoms with Crippen LogP contribution in [0.2, 0.25) is 0 Å². The number of Topliss-reactive ketones (excluding diaryl/α,β-unsaturated/α-hetero) is 1. The zero-order valence-corrected chi connectivity index (χ0v) is 66.3. The van der Waals surface area contributed by atoms with E-state index in [-0.39, 0.29) is 44.5 Å². The van der Waals surface area contributed by atoms with Crippen molar-refractivity contribution in [2.24, 2.45) is 0 Å². The van der Waals surface area contributed by atoms with Gasteiger partial charge in [0.15, 0.2) is 0 Å². The summed E-state index contributed by atoms with van der Waals surface area (Å²) in [6, 6.07) is 0. The summed E-state index contributed by atoms with van der Waals surface area (Å²) in [5.41, 5.74) is 0. The van der Waals surface area contributed by atoms with Crippen molar-refractivity contribution in [1.29, 1.82) is 0 Å². The summed E-state index contributed by atoms with van der Waals surface area (Å²) < 4.78 is 0. The summed E-state index contributed by atoms with van der Waals surface area (Å²) in [7, 11) is 0. The number of carbonyl (C=O) groups excluding carboxylic acids is 8. The standard InChI is InChI=1S/C23H33NO2S.C23H31NO2S.C21H32O.C20H30O.C3H3NO2S/c2*1-2-3-4-5-6-7-8-9-10-11-12-13-14-15-16-17-18-19-20-21-22(25)24-23(26)27-21;1-3-4-5-6-7-8-9-10-11-12-13-14-15-16-17-18-19-20-21(2)22;1-2-3-4-5-6-7-8-9-10-11-12-13-14-15-16-17-18-19-20-21;5-2-1-7-3(6)4-2/h3-4,6-7,9-10,12-13,15-16,21H,2,5,8,11,14,17-20H2,1H3,(H,24,25,26);3-4,6-7,9-10,12-13,15-16,20H,2,5,8,11,14,17-19H2,1H3,(H,24,25,26);4-5,7-8,10-11,13-14,16-17H,3,6,9,12,15,18-20H2,1-2H3;3-4,6-7,9-10,12-13,15-16,20H,2,5,8,11,14,17-19H2,1H3;1H2,(H,4,5,6)/b4-3-,7-6-,10-9-,13-12-,16-15-;4-3-,7-6-,10-9-,13-12-,16-15-,21-20+;5-4-,8-7-,11-10-,14-13-,17-16-;4-3-,7-6-,10-9-,13-12-,16-15-;. The highest BCUT2D eigenvalue weighted by Crippen LogP contribution is 2.25. The fourth-order valence-electron chi connectivity index (χ4n) is 8.68. The maximum atomic E-state index is 11.4. The lowest BCUT2D eigenvalue weighted by Gasteiger charge is -2.02. The van der Waals surface area contributed by atoms with Crippen molar-refractivity contribution in [3.63, 3.8) is 0 Å². The van der Waals surface area contributed by atoms with Gasteiger partial charge in [-0.1, -0.05) is 307 Å². The molecule has 0 aliphatic carbocycles. The van der Waals surface area contributed by atoms with Crippen LogP contribution in [0.15, 0.2) is 254 Å². The Morgan fingerprint density at radius 3 is 0.904 bits per heavy atom. The number of imide groups is 3. The molecule has 6 amide bonds. The van der Waals surface area contributed by atoms with Gasteiger partial charge in [-0.3, -0.25) is 44.7 Å². The van der Waals surface area contributed by atoms with Gasteiger partial charge in [0, 0.05) is 12.8 Å². The molecule has 104 heavy (non-hydrogen) atoms. The summed E-state index contributed by atoms with van der Waals surface area (Å²) in [5.74, 6) is 0.000796. The van der Waals surface area contributed by atoms with Crippen LogP contribution in [0.1, 0.15) is 247 Å². The van der Waals surface area contributed by atoms with Crippen LogP contribution >= 0.6 is 35.3 Å². The van der Waals surface area contributed by atoms with Gasteiger partial charge in [0.2, 0.25) is 11.8 Å². The number of rotatable bonds is 53. The van der Waals surface area contributed by atoms with Crippen LogP contribution in [0.5, 0.6) is 0 Å². The molecule has 0 aromatic rings. The van der Waals surface area contributed by atoms with Gasteiger partial charge in [0.25, 0.3) is 21.6 Å². The van der Waals surface area contributed by atoms with Crippen molar-refractivity contribution < 1.29 is 38.4 Å². The second-order valence-corrected chi connectivity index (χ2v) is 26.8. The first-order chi connectivity index (χ1) is 50.9. The Morgan fingerprint density at radius 2 is 0.654 bits per heavy atom. The van der Waals surface area contributed by atoms with E-state index < -0.39 is 0 Å². The molecular weight excluding hydrogens is 1350 g/mol. The minimum atomic E-state index is -0.274. The van der Waals surface area contributed by atoms with E-state index in [1.165, 1.54) is 0 Å². The molecule has 0 radical (unpaired) electrons. The molecular formula is C90H129N3O8S3. The highest BCUT2D eigenvalue weighted by atomic mass is 32.2. The van der Waals surface area contributed by atoms with Crippen LogP contribution < -0.4 is 16.0 Å². The van der Waals surface area contributed by atoms with Crippen molar-refractivity contribution in [1.82, 2.24) is 16.0 Å². The number of hydrogen-bond acceptors (Lipinski definition) is 11. The van der Waals surface area contributed by atoms with Gasteiger partial charge in [-0.25, -0.2) is 0 Å². The Kier molecular flexibility index (Phi) is 78.2. The van der Waals surface area contributed by atoms with Crippen LogP contribution in [0.4, 0.5) is 14.4 Å². The van der Waals surface area contributed by atoms with Gasteiger partial charge in [-0.05, 0) is 211 Å². The monoisotopic (exact) mass is 1480 g/mol. The molecule has 1 unspecified atom stereocenters. The predicted molar refractivity (Wildman–Crippen MR) is 455 cm³/mol. The quantitative estimate of drug-likeness (QED) is 0.0229. The number of nitrogens with one attached hydrogen (secondary N) is 3. The van der Waals surface area contributed by atoms with Gasteiger partial charge >= 0.3 is 0 Å². The zero-order chi connectivity index (χ0) is 76.2. The summed E-state index contributed by atoms with van der Waals surface area (Å²) in [6.45, 7) is 10.3. The lowest BCUT2D eigenvalue weighted by molar-refractivity contribution is -0.119. The normalized spacial score (nSPS) is 15.9. The number of allylic oxidation sites excluding steroid dienone is 41. The Labute approximate surface area is 642 Å². The van der Waals surface area contributed by atoms with Crippen LogP contribution in [-0.2, 0) is 24.0 Å². The fraction of sp³-hybridized carbons (Fsp3) is 0.444. The van der Waals surface area contributed by atoms with E-state index >= 15 is 0 Å². The van der Waals surface area contributed by atoms with Gasteiger partial charge < -0.3 is 9.59 Å². The first kappa shape index (κ1) is 98.4. The van der Waals surface area contributed by atoms with Crippen LogP contribution in [-0.4, -0.2) is 56.5 Å². The number of ketones is 1. The minimum absolute atomic E-state index is 0.125. The van der Waals surface area contributed by atoms with E-state index in [1.807, 2.05) is 6.08 Å². The van der Waals surface area contributed by atoms with Crippen molar-refractivity contribution in [2.45, 2.75) is 252 Å². The minimum Gasteiger partial charge on any atom is -0.303 e. The molecule has 3 aliphatic rings. The number of carbonyl (C=O) groups is 8. The van der Waals surface area contributed by atoms with E-state index in [0.29, 0.717) is 23.5 Å². The highest BCUT2D eigenvalue weighted by molar-refractivity contribution is 8.18. The smallest absolute Gasteiger partial charge is 0.290 e. The number of thioether (sulfide) groups is 3. The second-order valence-electron chi connectivity index (χ2n) is 23.7. The van der Waals surface area contributed by atoms with Gasteiger partial charge in [0.1, 0.15) is 12.1 Å². The van der Waals surface area contributed by atoms with E-state index in [0.717, 1.165) is 241 Å². The molecule has 0 spiro atoms. The zero-order valence-electron chi connectivity index (χ0n) is 63.9. The van der Waals surface area contributed by atoms with E-state index in [9.17, 15) is 38.4 Å². The first-order valence-electron chi connectivity index (χ1n) is 38.1. The molecule has 3 saturated heterocycles. The molecule has 14 heteroatoms. The average molecular weight is 1480 g/mol. The molecule has 1 atom stereocenters. The van der Waals surface area contributed by atoms with Crippen LogP contribution in [0.25, 0.3) is 0 Å². The lowest BCUT2D eigenvalue weighted by atomic mass is 10.1. The SMILES string of the molecule is CC/C=C\C/C=C\C/C=C\C/C=C\C/C=C\CCC/C=C1/SC(=O)NC1=O.CC/C=C\C/C=C\C/C=C\C/C=C\C/C=C\CCCC(C)=O.CC/C=C\C/C=C\C/C=C\C/C=C\C/C=C\CCCC=O.CC/C=C\C/C=C\C/C=C\C/C=C\C/C=C\CCCCC1SC(=O)NC1=O.O=C1CSC(=O)N1. The largest absolute Gasteiger partial charge is 0.303 e. The van der Waals surface area contributed by atoms with Crippen molar-refractivity contribution in [3.8, 4) is 0 Å². The predicted octanol–water partition coefficient (Wildman–Crippen LogP) is 26.0. The number of aldehydes is 1. The third kappa shape index (κ3) is 78.5. The van der Waals surface area contributed by atoms with Gasteiger partial charge in [-0.15, -0.1) is 0 Å². The maximum absolute atomic E-state index is 11.4. The molecule has 3 N–H and O–H groups in total. The van der Waals surface area contributed by atoms with Crippen molar-refractivity contribution in [2.75, 3.05) is 5.75 Å². The first-order valence-corrected chi connectivity index (χ1v) is 40.8. The lowest BCUT2D eigenvalue weighted by Crippen LogP contribution is -2.23. The molecule has 0 bridgehead atoms. The maximum Gasteiger partial charge on any atom is 0.290 e. The molecule has 0 saturated carbocycles. The molecule has 0 aromatic carbocycles. The van der Waals surface area contributed by atoms with Crippen molar-refractivity contribution in [3.05, 3.63) is 254 Å². The molecule has 570 valence electrons. The molecule has 3 heterocycles. The topological polar surface area (TPSA) is 173 Å². The summed E-state index contributed by atoms with van der Waals surface area (Å²) in [6.07, 6.45) is 123. The molecule has 3 fully saturated rings. The Balaban J connectivity index is 0. The molecule has 11 nitrogen and oxygen atoms in total. The third-order valence-electron chi connectivity index (χ3n) is 14.2. The third-order valence-corrected chi connectivity index (χ3v) is 16.9. The number of amides is 6. The second kappa shape index (κ2) is 82.6. The van der Waals surface area contributed by atoms with Gasteiger partial charge in [-0.2, -0.15) is 0 Å². The van der Waals surface area contributed by atoms with Crippen LogP contribution in [0, 0.1) is 0 Å². The Bertz CT molecular complexity index is 2930. The highest BCUT2D eigenvalue weighted by Gasteiger charge is 2.30. The summed E-state index contributed by atoms with van der Waals surface area (Å²) in [4.78, 5) is 86.4. The Hall–Kier alpha value is -7.65. The number of hydrogen-bond donors (Lipinski definition) is 3. The van der Waals surface area contributed by atoms with E-state index in [2.05, 4.69) is 287 Å². The summed E-state index contributed by atoms with van der Waals surface area (Å²) >= 11 is 3.12. The molecule has 0 aromatic heterocycles.